The lowest BCUT2D eigenvalue weighted by Gasteiger charge is -2.03. The van der Waals surface area contributed by atoms with E-state index in [0.29, 0.717) is 6.54 Å². The number of rotatable bonds is 3. The fourth-order valence-corrected chi connectivity index (χ4v) is 0.176. The molecule has 0 aromatic carbocycles. The van der Waals surface area contributed by atoms with Gasteiger partial charge in [-0.05, 0) is 6.92 Å². The van der Waals surface area contributed by atoms with E-state index < -0.39 is 6.86 Å². The standard InChI is InChI=1S/C4H10FNO/c1-4(2-6)7-3-5/h4H,2-3,6H2,1H3/t4-/m1/s1. The number of ether oxygens (including phenoxy) is 1. The van der Waals surface area contributed by atoms with Gasteiger partial charge in [0, 0.05) is 6.54 Å². The molecule has 0 amide bonds. The molecule has 0 rings (SSSR count). The van der Waals surface area contributed by atoms with E-state index in [4.69, 9.17) is 5.73 Å². The Morgan fingerprint density at radius 3 is 2.57 bits per heavy atom. The largest absolute Gasteiger partial charge is 0.346 e. The Bertz CT molecular complexity index is 42.7. The molecule has 0 fully saturated rings. The van der Waals surface area contributed by atoms with E-state index >= 15 is 0 Å². The highest BCUT2D eigenvalue weighted by Gasteiger charge is 1.93. The van der Waals surface area contributed by atoms with Gasteiger partial charge in [-0.3, -0.25) is 0 Å². The monoisotopic (exact) mass is 107 g/mol. The van der Waals surface area contributed by atoms with Crippen molar-refractivity contribution in [2.24, 2.45) is 5.73 Å². The van der Waals surface area contributed by atoms with Gasteiger partial charge in [-0.2, -0.15) is 0 Å². The molecular weight excluding hydrogens is 97.0 g/mol. The SMILES string of the molecule is C[C@H](CN)OCF. The molecule has 3 heteroatoms. The highest BCUT2D eigenvalue weighted by molar-refractivity contribution is 4.44. The van der Waals surface area contributed by atoms with Crippen molar-refractivity contribution in [3.8, 4) is 0 Å². The van der Waals surface area contributed by atoms with Gasteiger partial charge in [0.2, 0.25) is 0 Å². The summed E-state index contributed by atoms with van der Waals surface area (Å²) < 4.78 is 15.6. The highest BCUT2D eigenvalue weighted by Crippen LogP contribution is 1.84. The van der Waals surface area contributed by atoms with Crippen LogP contribution in [0.25, 0.3) is 0 Å². The van der Waals surface area contributed by atoms with Gasteiger partial charge in [0.15, 0.2) is 6.86 Å². The van der Waals surface area contributed by atoms with Crippen LogP contribution < -0.4 is 5.73 Å². The van der Waals surface area contributed by atoms with Crippen molar-refractivity contribution in [3.63, 3.8) is 0 Å². The number of hydrogen-bond donors (Lipinski definition) is 1. The molecule has 0 radical (unpaired) electrons. The minimum Gasteiger partial charge on any atom is -0.346 e. The topological polar surface area (TPSA) is 35.2 Å². The van der Waals surface area contributed by atoms with Gasteiger partial charge in [-0.1, -0.05) is 0 Å². The zero-order valence-electron chi connectivity index (χ0n) is 4.36. The number of alkyl halides is 1. The van der Waals surface area contributed by atoms with Crippen molar-refractivity contribution in [1.82, 2.24) is 0 Å². The Balaban J connectivity index is 2.83. The third-order valence-corrected chi connectivity index (χ3v) is 0.679. The number of halogens is 1. The molecule has 7 heavy (non-hydrogen) atoms. The Morgan fingerprint density at radius 1 is 1.86 bits per heavy atom. The fourth-order valence-electron chi connectivity index (χ4n) is 0.176. The van der Waals surface area contributed by atoms with Gasteiger partial charge < -0.3 is 10.5 Å². The zero-order chi connectivity index (χ0) is 5.70. The van der Waals surface area contributed by atoms with Crippen LogP contribution in [0.5, 0.6) is 0 Å². The molecule has 0 aliphatic heterocycles. The second kappa shape index (κ2) is 4.02. The summed E-state index contributed by atoms with van der Waals surface area (Å²) in [6, 6.07) is 0. The lowest BCUT2D eigenvalue weighted by atomic mass is 10.4. The smallest absolute Gasteiger partial charge is 0.188 e. The van der Waals surface area contributed by atoms with E-state index in [9.17, 15) is 4.39 Å². The predicted molar refractivity (Wildman–Crippen MR) is 25.6 cm³/mol. The Labute approximate surface area is 42.5 Å². The normalized spacial score (nSPS) is 14.1. The summed E-state index contributed by atoms with van der Waals surface area (Å²) in [5, 5.41) is 0. The molecule has 2 N–H and O–H groups in total. The second-order valence-electron chi connectivity index (χ2n) is 1.32. The Hall–Kier alpha value is -0.150. The first-order chi connectivity index (χ1) is 3.31. The average molecular weight is 107 g/mol. The van der Waals surface area contributed by atoms with Gasteiger partial charge in [0.1, 0.15) is 0 Å². The number of hydrogen-bond acceptors (Lipinski definition) is 2. The summed E-state index contributed by atoms with van der Waals surface area (Å²) in [7, 11) is 0. The van der Waals surface area contributed by atoms with Crippen molar-refractivity contribution >= 4 is 0 Å². The van der Waals surface area contributed by atoms with E-state index in [-0.39, 0.29) is 6.10 Å². The van der Waals surface area contributed by atoms with Crippen LogP contribution in [0.15, 0.2) is 0 Å². The van der Waals surface area contributed by atoms with E-state index in [2.05, 4.69) is 4.74 Å². The zero-order valence-corrected chi connectivity index (χ0v) is 4.36. The number of nitrogens with two attached hydrogens (primary N) is 1. The molecule has 0 unspecified atom stereocenters. The lowest BCUT2D eigenvalue weighted by Crippen LogP contribution is -2.19. The summed E-state index contributed by atoms with van der Waals surface area (Å²) in [4.78, 5) is 0. The maximum atomic E-state index is 11.2. The maximum Gasteiger partial charge on any atom is 0.188 e. The lowest BCUT2D eigenvalue weighted by molar-refractivity contribution is 0.0103. The minimum atomic E-state index is -0.738. The average Bonchev–Trinajstić information content (AvgIpc) is 1.68. The van der Waals surface area contributed by atoms with Crippen LogP contribution in [0.1, 0.15) is 6.92 Å². The molecule has 0 aliphatic carbocycles. The first-order valence-corrected chi connectivity index (χ1v) is 2.19. The van der Waals surface area contributed by atoms with E-state index in [1.54, 1.807) is 6.92 Å². The van der Waals surface area contributed by atoms with Crippen molar-refractivity contribution < 1.29 is 9.13 Å². The van der Waals surface area contributed by atoms with Crippen LogP contribution in [-0.4, -0.2) is 19.5 Å². The summed E-state index contributed by atoms with van der Waals surface area (Å²) >= 11 is 0. The van der Waals surface area contributed by atoms with E-state index in [1.165, 1.54) is 0 Å². The van der Waals surface area contributed by atoms with Crippen LogP contribution >= 0.6 is 0 Å². The fraction of sp³-hybridized carbons (Fsp3) is 1.00. The van der Waals surface area contributed by atoms with Crippen LogP contribution in [-0.2, 0) is 4.74 Å². The molecule has 0 heterocycles. The summed E-state index contributed by atoms with van der Waals surface area (Å²) in [5.41, 5.74) is 5.07. The van der Waals surface area contributed by atoms with Gasteiger partial charge in [-0.25, -0.2) is 4.39 Å². The molecule has 1 atom stereocenters. The van der Waals surface area contributed by atoms with E-state index in [0.717, 1.165) is 0 Å². The molecule has 0 spiro atoms. The summed E-state index contributed by atoms with van der Waals surface area (Å²) in [6.45, 7) is 1.36. The highest BCUT2D eigenvalue weighted by atomic mass is 19.1. The predicted octanol–water partition coefficient (Wildman–Crippen LogP) is 0.277. The molecular formula is C4H10FNO. The second-order valence-corrected chi connectivity index (χ2v) is 1.32. The Morgan fingerprint density at radius 2 is 2.43 bits per heavy atom. The van der Waals surface area contributed by atoms with Crippen molar-refractivity contribution in [1.29, 1.82) is 0 Å². The van der Waals surface area contributed by atoms with Gasteiger partial charge in [-0.15, -0.1) is 0 Å². The summed E-state index contributed by atoms with van der Waals surface area (Å²) in [5.74, 6) is 0. The van der Waals surface area contributed by atoms with Gasteiger partial charge in [0.05, 0.1) is 6.10 Å². The van der Waals surface area contributed by atoms with Crippen molar-refractivity contribution in [2.45, 2.75) is 13.0 Å². The molecule has 0 aromatic rings. The van der Waals surface area contributed by atoms with Gasteiger partial charge >= 0.3 is 0 Å². The van der Waals surface area contributed by atoms with Crippen molar-refractivity contribution in [3.05, 3.63) is 0 Å². The van der Waals surface area contributed by atoms with Crippen LogP contribution in [0.2, 0.25) is 0 Å². The Kier molecular flexibility index (Phi) is 3.93. The molecule has 0 saturated carbocycles. The van der Waals surface area contributed by atoms with Crippen LogP contribution in [0.3, 0.4) is 0 Å². The first kappa shape index (κ1) is 6.85. The molecule has 44 valence electrons. The van der Waals surface area contributed by atoms with Crippen molar-refractivity contribution in [2.75, 3.05) is 13.4 Å². The molecule has 0 aromatic heterocycles. The molecule has 0 aliphatic rings. The minimum absolute atomic E-state index is 0.148. The first-order valence-electron chi connectivity index (χ1n) is 2.19. The van der Waals surface area contributed by atoms with Gasteiger partial charge in [0.25, 0.3) is 0 Å². The van der Waals surface area contributed by atoms with Crippen LogP contribution in [0, 0.1) is 0 Å². The third-order valence-electron chi connectivity index (χ3n) is 0.679. The molecule has 0 saturated heterocycles. The molecule has 2 nitrogen and oxygen atoms in total. The molecule has 0 bridgehead atoms. The maximum absolute atomic E-state index is 11.2. The summed E-state index contributed by atoms with van der Waals surface area (Å²) in [6.07, 6.45) is -0.148. The van der Waals surface area contributed by atoms with Crippen LogP contribution in [0.4, 0.5) is 4.39 Å². The van der Waals surface area contributed by atoms with E-state index in [1.807, 2.05) is 0 Å². The third kappa shape index (κ3) is 3.69. The quantitative estimate of drug-likeness (QED) is 0.562.